The van der Waals surface area contributed by atoms with Gasteiger partial charge < -0.3 is 0 Å². The summed E-state index contributed by atoms with van der Waals surface area (Å²) in [6.07, 6.45) is 0. The average molecular weight is 257 g/mol. The Labute approximate surface area is 110 Å². The Kier molecular flexibility index (Phi) is 4.01. The minimum Gasteiger partial charge on any atom is -0.207 e. The van der Waals surface area contributed by atoms with E-state index in [1.54, 1.807) is 12.1 Å². The molecule has 0 N–H and O–H groups in total. The van der Waals surface area contributed by atoms with Crippen molar-refractivity contribution in [3.63, 3.8) is 0 Å². The van der Waals surface area contributed by atoms with E-state index >= 15 is 0 Å². The topological polar surface area (TPSA) is 23.8 Å². The summed E-state index contributed by atoms with van der Waals surface area (Å²) in [5.41, 5.74) is 2.01. The zero-order valence-corrected chi connectivity index (χ0v) is 10.7. The van der Waals surface area contributed by atoms with Crippen molar-refractivity contribution in [1.29, 1.82) is 5.26 Å². The summed E-state index contributed by atoms with van der Waals surface area (Å²) in [5.74, 6) is -0.282. The van der Waals surface area contributed by atoms with Crippen LogP contribution >= 0.6 is 11.8 Å². The maximum atomic E-state index is 12.8. The Balaban J connectivity index is 2.17. The normalized spacial score (nSPS) is 11.8. The Bertz CT molecular complexity index is 555. The van der Waals surface area contributed by atoms with Crippen LogP contribution in [0.1, 0.15) is 16.4 Å². The fraction of sp³-hybridized carbons (Fsp3) is 0.133. The van der Waals surface area contributed by atoms with Crippen LogP contribution < -0.4 is 0 Å². The van der Waals surface area contributed by atoms with Gasteiger partial charge in [-0.2, -0.15) is 5.26 Å². The minimum absolute atomic E-state index is 0.282. The molecule has 0 aromatic heterocycles. The molecule has 2 rings (SSSR count). The molecule has 3 heteroatoms. The largest absolute Gasteiger partial charge is 0.207 e. The Morgan fingerprint density at radius 3 is 2.22 bits per heavy atom. The molecule has 0 aliphatic carbocycles. The van der Waals surface area contributed by atoms with Gasteiger partial charge >= 0.3 is 0 Å². The number of halogens is 1. The second-order valence-corrected chi connectivity index (χ2v) is 5.17. The van der Waals surface area contributed by atoms with Gasteiger partial charge in [0.25, 0.3) is 0 Å². The smallest absolute Gasteiger partial charge is 0.123 e. The SMILES string of the molecule is Cc1ccc(SC(C#N)c2ccc(F)cc2)cc1. The molecule has 1 nitrogen and oxygen atoms in total. The summed E-state index contributed by atoms with van der Waals surface area (Å²) in [6.45, 7) is 2.02. The highest BCUT2D eigenvalue weighted by molar-refractivity contribution is 7.99. The maximum Gasteiger partial charge on any atom is 0.123 e. The molecular weight excluding hydrogens is 245 g/mol. The lowest BCUT2D eigenvalue weighted by molar-refractivity contribution is 0.627. The molecule has 0 saturated heterocycles. The number of thioether (sulfide) groups is 1. The average Bonchev–Trinajstić information content (AvgIpc) is 2.39. The number of hydrogen-bond acceptors (Lipinski definition) is 2. The van der Waals surface area contributed by atoms with Gasteiger partial charge in [-0.3, -0.25) is 0 Å². The van der Waals surface area contributed by atoms with Crippen molar-refractivity contribution in [3.05, 3.63) is 65.5 Å². The maximum absolute atomic E-state index is 12.8. The third kappa shape index (κ3) is 3.12. The zero-order valence-electron chi connectivity index (χ0n) is 9.93. The van der Waals surface area contributed by atoms with Crippen molar-refractivity contribution in [2.45, 2.75) is 17.1 Å². The van der Waals surface area contributed by atoms with Gasteiger partial charge in [0.15, 0.2) is 0 Å². The van der Waals surface area contributed by atoms with Gasteiger partial charge in [-0.1, -0.05) is 29.8 Å². The van der Waals surface area contributed by atoms with E-state index in [0.29, 0.717) is 0 Å². The molecule has 0 heterocycles. The van der Waals surface area contributed by atoms with Crippen LogP contribution in [0.4, 0.5) is 4.39 Å². The van der Waals surface area contributed by atoms with Gasteiger partial charge in [0, 0.05) is 4.90 Å². The van der Waals surface area contributed by atoms with Gasteiger partial charge in [0.2, 0.25) is 0 Å². The van der Waals surface area contributed by atoms with Crippen molar-refractivity contribution in [2.75, 3.05) is 0 Å². The molecule has 0 saturated carbocycles. The predicted octanol–water partition coefficient (Wildman–Crippen LogP) is 4.49. The first-order chi connectivity index (χ1) is 8.69. The van der Waals surface area contributed by atoms with Crippen LogP contribution in [0.25, 0.3) is 0 Å². The standard InChI is InChI=1S/C15H12FNS/c1-11-2-8-14(9-3-11)18-15(10-17)12-4-6-13(16)7-5-12/h2-9,15H,1H3. The highest BCUT2D eigenvalue weighted by Crippen LogP contribution is 2.34. The van der Waals surface area contributed by atoms with E-state index in [-0.39, 0.29) is 11.1 Å². The highest BCUT2D eigenvalue weighted by Gasteiger charge is 2.12. The van der Waals surface area contributed by atoms with Gasteiger partial charge in [-0.25, -0.2) is 4.39 Å². The molecule has 0 spiro atoms. The van der Waals surface area contributed by atoms with Crippen LogP contribution in [0.2, 0.25) is 0 Å². The summed E-state index contributed by atoms with van der Waals surface area (Å²) in [4.78, 5) is 1.04. The number of nitrogens with zero attached hydrogens (tertiary/aromatic N) is 1. The van der Waals surface area contributed by atoms with Crippen LogP contribution in [-0.4, -0.2) is 0 Å². The molecule has 1 atom stereocenters. The number of nitriles is 1. The number of rotatable bonds is 3. The molecular formula is C15H12FNS. The lowest BCUT2D eigenvalue weighted by atomic mass is 10.2. The number of hydrogen-bond donors (Lipinski definition) is 0. The van der Waals surface area contributed by atoms with E-state index in [1.165, 1.54) is 29.5 Å². The molecule has 1 unspecified atom stereocenters. The molecule has 90 valence electrons. The number of benzene rings is 2. The molecule has 0 aliphatic heterocycles. The second-order valence-electron chi connectivity index (χ2n) is 3.99. The van der Waals surface area contributed by atoms with Crippen molar-refractivity contribution in [1.82, 2.24) is 0 Å². The lowest BCUT2D eigenvalue weighted by Crippen LogP contribution is -1.91. The van der Waals surface area contributed by atoms with E-state index in [9.17, 15) is 9.65 Å². The quantitative estimate of drug-likeness (QED) is 0.756. The molecule has 2 aromatic rings. The molecule has 2 aromatic carbocycles. The molecule has 0 aliphatic rings. The van der Waals surface area contributed by atoms with Crippen LogP contribution in [0.5, 0.6) is 0 Å². The summed E-state index contributed by atoms with van der Waals surface area (Å²) in [7, 11) is 0. The van der Waals surface area contributed by atoms with Gasteiger partial charge in [-0.05, 0) is 36.8 Å². The predicted molar refractivity (Wildman–Crippen MR) is 71.8 cm³/mol. The second kappa shape index (κ2) is 5.70. The van der Waals surface area contributed by atoms with Gasteiger partial charge in [0.05, 0.1) is 6.07 Å². The number of aryl methyl sites for hydroxylation is 1. The van der Waals surface area contributed by atoms with Crippen molar-refractivity contribution >= 4 is 11.8 Å². The first-order valence-corrected chi connectivity index (χ1v) is 6.45. The lowest BCUT2D eigenvalue weighted by Gasteiger charge is -2.09. The summed E-state index contributed by atoms with van der Waals surface area (Å²) < 4.78 is 12.8. The Morgan fingerprint density at radius 1 is 1.06 bits per heavy atom. The molecule has 18 heavy (non-hydrogen) atoms. The molecule has 0 radical (unpaired) electrons. The summed E-state index contributed by atoms with van der Waals surface area (Å²) in [5, 5.41) is 8.89. The third-order valence-electron chi connectivity index (χ3n) is 2.56. The first kappa shape index (κ1) is 12.7. The van der Waals surface area contributed by atoms with E-state index in [4.69, 9.17) is 0 Å². The zero-order chi connectivity index (χ0) is 13.0. The van der Waals surface area contributed by atoms with E-state index in [1.807, 2.05) is 31.2 Å². The van der Waals surface area contributed by atoms with Crippen LogP contribution in [0, 0.1) is 24.1 Å². The molecule has 0 fully saturated rings. The van der Waals surface area contributed by atoms with Crippen LogP contribution in [0.15, 0.2) is 53.4 Å². The fourth-order valence-corrected chi connectivity index (χ4v) is 2.47. The Hall–Kier alpha value is -1.79. The van der Waals surface area contributed by atoms with Crippen molar-refractivity contribution < 1.29 is 4.39 Å². The summed E-state index contributed by atoms with van der Waals surface area (Å²) >= 11 is 1.47. The highest BCUT2D eigenvalue weighted by atomic mass is 32.2. The van der Waals surface area contributed by atoms with Crippen molar-refractivity contribution in [2.24, 2.45) is 0 Å². The van der Waals surface area contributed by atoms with Gasteiger partial charge in [-0.15, -0.1) is 11.8 Å². The van der Waals surface area contributed by atoms with E-state index in [0.717, 1.165) is 10.5 Å². The van der Waals surface area contributed by atoms with Crippen LogP contribution in [0.3, 0.4) is 0 Å². The molecule has 0 bridgehead atoms. The van der Waals surface area contributed by atoms with Crippen LogP contribution in [-0.2, 0) is 0 Å². The fourth-order valence-electron chi connectivity index (χ4n) is 1.56. The van der Waals surface area contributed by atoms with Gasteiger partial charge in [0.1, 0.15) is 11.1 Å². The minimum atomic E-state index is -0.312. The Morgan fingerprint density at radius 2 is 1.67 bits per heavy atom. The molecule has 0 amide bonds. The van der Waals surface area contributed by atoms with E-state index in [2.05, 4.69) is 6.07 Å². The van der Waals surface area contributed by atoms with E-state index < -0.39 is 0 Å². The third-order valence-corrected chi connectivity index (χ3v) is 3.72. The summed E-state index contributed by atoms with van der Waals surface area (Å²) in [6, 6.07) is 16.3. The van der Waals surface area contributed by atoms with Crippen molar-refractivity contribution in [3.8, 4) is 6.07 Å². The monoisotopic (exact) mass is 257 g/mol. The first-order valence-electron chi connectivity index (χ1n) is 5.57.